The summed E-state index contributed by atoms with van der Waals surface area (Å²) in [5, 5.41) is 17.4. The molecule has 1 aliphatic rings. The molecule has 0 radical (unpaired) electrons. The average molecular weight is 596 g/mol. The second kappa shape index (κ2) is 11.0. The topological polar surface area (TPSA) is 87.8 Å². The molecule has 5 aromatic rings. The molecule has 206 valence electrons. The van der Waals surface area contributed by atoms with Crippen LogP contribution in [0.15, 0.2) is 59.8 Å². The SMILES string of the molecule is CC(C)(O)c1cc2nc(N/N=C/c3cn(Cc4ccc(Cl)cc4Cl)c4ccccc34)nc(N3CCOCC3)c2s1. The van der Waals surface area contributed by atoms with E-state index in [1.165, 1.54) is 11.3 Å². The van der Waals surface area contributed by atoms with Crippen molar-refractivity contribution >= 4 is 73.6 Å². The van der Waals surface area contributed by atoms with Gasteiger partial charge in [0.05, 0.1) is 35.2 Å². The lowest BCUT2D eigenvalue weighted by Gasteiger charge is -2.28. The van der Waals surface area contributed by atoms with E-state index in [9.17, 15) is 5.11 Å². The zero-order chi connectivity index (χ0) is 27.9. The van der Waals surface area contributed by atoms with Gasteiger partial charge < -0.3 is 19.3 Å². The highest BCUT2D eigenvalue weighted by molar-refractivity contribution is 7.19. The van der Waals surface area contributed by atoms with Crippen LogP contribution in [0.4, 0.5) is 11.8 Å². The summed E-state index contributed by atoms with van der Waals surface area (Å²) in [5.74, 6) is 1.21. The van der Waals surface area contributed by atoms with Crippen LogP contribution in [-0.2, 0) is 16.9 Å². The normalized spacial score (nSPS) is 14.6. The number of aromatic nitrogens is 3. The van der Waals surface area contributed by atoms with Crippen molar-refractivity contribution in [3.05, 3.63) is 80.8 Å². The first kappa shape index (κ1) is 27.0. The van der Waals surface area contributed by atoms with Crippen LogP contribution in [0.25, 0.3) is 21.1 Å². The Morgan fingerprint density at radius 1 is 1.12 bits per heavy atom. The minimum absolute atomic E-state index is 0.391. The number of thiophene rings is 1. The van der Waals surface area contributed by atoms with Gasteiger partial charge in [-0.25, -0.2) is 10.4 Å². The monoisotopic (exact) mass is 594 g/mol. The van der Waals surface area contributed by atoms with Gasteiger partial charge in [0, 0.05) is 57.2 Å². The highest BCUT2D eigenvalue weighted by Crippen LogP contribution is 2.37. The summed E-state index contributed by atoms with van der Waals surface area (Å²) in [6.45, 7) is 6.91. The van der Waals surface area contributed by atoms with Gasteiger partial charge in [0.25, 0.3) is 0 Å². The number of para-hydroxylation sites is 1. The number of morpholine rings is 1. The number of hydrazone groups is 1. The van der Waals surface area contributed by atoms with Gasteiger partial charge in [-0.2, -0.15) is 10.1 Å². The Morgan fingerprint density at radius 2 is 1.93 bits per heavy atom. The Balaban J connectivity index is 1.31. The van der Waals surface area contributed by atoms with Crippen LogP contribution in [-0.4, -0.2) is 52.2 Å². The van der Waals surface area contributed by atoms with Crippen molar-refractivity contribution in [3.63, 3.8) is 0 Å². The van der Waals surface area contributed by atoms with Crippen LogP contribution in [0.3, 0.4) is 0 Å². The third-order valence-electron chi connectivity index (χ3n) is 6.81. The minimum atomic E-state index is -0.968. The number of hydrogen-bond acceptors (Lipinski definition) is 8. The first-order valence-corrected chi connectivity index (χ1v) is 14.5. The largest absolute Gasteiger partial charge is 0.385 e. The summed E-state index contributed by atoms with van der Waals surface area (Å²) in [5.41, 5.74) is 5.84. The van der Waals surface area contributed by atoms with Crippen LogP contribution in [0.1, 0.15) is 29.9 Å². The zero-order valence-electron chi connectivity index (χ0n) is 22.1. The van der Waals surface area contributed by atoms with Gasteiger partial charge in [-0.1, -0.05) is 47.5 Å². The molecule has 0 atom stereocenters. The molecule has 1 saturated heterocycles. The van der Waals surface area contributed by atoms with Crippen LogP contribution >= 0.6 is 34.5 Å². The van der Waals surface area contributed by atoms with E-state index in [0.29, 0.717) is 35.8 Å². The molecule has 0 aliphatic carbocycles. The molecule has 1 fully saturated rings. The van der Waals surface area contributed by atoms with Crippen molar-refractivity contribution in [2.24, 2.45) is 5.10 Å². The van der Waals surface area contributed by atoms with E-state index in [-0.39, 0.29) is 0 Å². The van der Waals surface area contributed by atoms with Gasteiger partial charge in [0.1, 0.15) is 0 Å². The number of fused-ring (bicyclic) bond motifs is 2. The first-order valence-electron chi connectivity index (χ1n) is 12.9. The number of rotatable bonds is 7. The van der Waals surface area contributed by atoms with Gasteiger partial charge in [-0.15, -0.1) is 11.3 Å². The van der Waals surface area contributed by atoms with E-state index in [1.807, 2.05) is 30.3 Å². The second-order valence-electron chi connectivity index (χ2n) is 10.2. The maximum Gasteiger partial charge on any atom is 0.246 e. The maximum absolute atomic E-state index is 10.6. The molecule has 0 spiro atoms. The van der Waals surface area contributed by atoms with Gasteiger partial charge in [-0.05, 0) is 43.7 Å². The average Bonchev–Trinajstić information content (AvgIpc) is 3.53. The molecule has 2 aromatic carbocycles. The Kier molecular flexibility index (Phi) is 7.41. The molecular weight excluding hydrogens is 567 g/mol. The smallest absolute Gasteiger partial charge is 0.246 e. The number of hydrogen-bond donors (Lipinski definition) is 2. The zero-order valence-corrected chi connectivity index (χ0v) is 24.4. The molecule has 0 bridgehead atoms. The molecular formula is C29H28Cl2N6O2S. The van der Waals surface area contributed by atoms with Crippen molar-refractivity contribution in [2.45, 2.75) is 26.0 Å². The molecule has 8 nitrogen and oxygen atoms in total. The quantitative estimate of drug-likeness (QED) is 0.165. The lowest BCUT2D eigenvalue weighted by molar-refractivity contribution is 0.0826. The number of halogens is 2. The maximum atomic E-state index is 10.6. The summed E-state index contributed by atoms with van der Waals surface area (Å²) in [6.07, 6.45) is 3.83. The first-order chi connectivity index (χ1) is 19.3. The third kappa shape index (κ3) is 5.53. The molecule has 3 aromatic heterocycles. The van der Waals surface area contributed by atoms with Gasteiger partial charge >= 0.3 is 0 Å². The predicted molar refractivity (Wildman–Crippen MR) is 164 cm³/mol. The second-order valence-corrected chi connectivity index (χ2v) is 12.1. The highest BCUT2D eigenvalue weighted by atomic mass is 35.5. The van der Waals surface area contributed by atoms with Crippen LogP contribution in [0.5, 0.6) is 0 Å². The van der Waals surface area contributed by atoms with Crippen molar-refractivity contribution in [3.8, 4) is 0 Å². The number of benzene rings is 2. The Hall–Kier alpha value is -3.21. The van der Waals surface area contributed by atoms with E-state index in [1.54, 1.807) is 26.1 Å². The number of aliphatic hydroxyl groups is 1. The van der Waals surface area contributed by atoms with Crippen LogP contribution < -0.4 is 10.3 Å². The van der Waals surface area contributed by atoms with E-state index >= 15 is 0 Å². The molecule has 40 heavy (non-hydrogen) atoms. The Morgan fingerprint density at radius 3 is 2.70 bits per heavy atom. The summed E-state index contributed by atoms with van der Waals surface area (Å²) < 4.78 is 8.64. The molecule has 4 heterocycles. The van der Waals surface area contributed by atoms with Gasteiger partial charge in [0.15, 0.2) is 5.82 Å². The predicted octanol–water partition coefficient (Wildman–Crippen LogP) is 6.51. The Bertz CT molecular complexity index is 1720. The molecule has 6 rings (SSSR count). The van der Waals surface area contributed by atoms with Gasteiger partial charge in [0.2, 0.25) is 5.95 Å². The number of nitrogens with zero attached hydrogens (tertiary/aromatic N) is 5. The molecule has 11 heteroatoms. The van der Waals surface area contributed by atoms with Crippen LogP contribution in [0.2, 0.25) is 10.0 Å². The molecule has 0 saturated carbocycles. The fourth-order valence-electron chi connectivity index (χ4n) is 4.76. The van der Waals surface area contributed by atoms with Crippen LogP contribution in [0, 0.1) is 0 Å². The van der Waals surface area contributed by atoms with Crippen molar-refractivity contribution < 1.29 is 9.84 Å². The minimum Gasteiger partial charge on any atom is -0.385 e. The summed E-state index contributed by atoms with van der Waals surface area (Å²) in [6, 6.07) is 15.6. The number of anilines is 2. The van der Waals surface area contributed by atoms with Crippen molar-refractivity contribution in [2.75, 3.05) is 36.6 Å². The third-order valence-corrected chi connectivity index (χ3v) is 8.83. The number of ether oxygens (including phenoxy) is 1. The highest BCUT2D eigenvalue weighted by Gasteiger charge is 2.24. The van der Waals surface area contributed by atoms with E-state index in [4.69, 9.17) is 37.9 Å². The van der Waals surface area contributed by atoms with Gasteiger partial charge in [-0.3, -0.25) is 0 Å². The Labute approximate surface area is 245 Å². The standard InChI is InChI=1S/C29H28Cl2N6O2S/c1-29(2,38)25-14-23-26(40-25)27(36-9-11-39-12-10-36)34-28(33-23)35-32-15-19-17-37(24-6-4-3-5-21(19)24)16-18-7-8-20(30)13-22(18)31/h3-8,13-15,17,38H,9-12,16H2,1-2H3,(H,33,34,35)/b32-15+. The molecule has 1 aliphatic heterocycles. The fourth-order valence-corrected chi connectivity index (χ4v) is 6.34. The van der Waals surface area contributed by atoms with E-state index in [0.717, 1.165) is 56.0 Å². The summed E-state index contributed by atoms with van der Waals surface area (Å²) >= 11 is 14.1. The summed E-state index contributed by atoms with van der Waals surface area (Å²) in [4.78, 5) is 12.6. The molecule has 0 unspecified atom stereocenters. The number of nitrogens with one attached hydrogen (secondary N) is 1. The molecule has 0 amide bonds. The van der Waals surface area contributed by atoms with Crippen molar-refractivity contribution in [1.82, 2.24) is 14.5 Å². The fraction of sp³-hybridized carbons (Fsp3) is 0.276. The van der Waals surface area contributed by atoms with E-state index in [2.05, 4.69) is 38.3 Å². The van der Waals surface area contributed by atoms with Crippen molar-refractivity contribution in [1.29, 1.82) is 0 Å². The lowest BCUT2D eigenvalue weighted by Crippen LogP contribution is -2.36. The molecule has 2 N–H and O–H groups in total. The van der Waals surface area contributed by atoms with E-state index < -0.39 is 5.60 Å². The summed E-state index contributed by atoms with van der Waals surface area (Å²) in [7, 11) is 0. The lowest BCUT2D eigenvalue weighted by atomic mass is 10.1.